The first-order valence-corrected chi connectivity index (χ1v) is 12.4. The minimum Gasteiger partial charge on any atom is -0.325 e. The second-order valence-electron chi connectivity index (χ2n) is 8.12. The highest BCUT2D eigenvalue weighted by Gasteiger charge is 2.41. The third-order valence-electron chi connectivity index (χ3n) is 5.98. The zero-order valence-corrected chi connectivity index (χ0v) is 18.7. The average Bonchev–Trinajstić information content (AvgIpc) is 3.24. The first-order chi connectivity index (χ1) is 15.9. The van der Waals surface area contributed by atoms with Gasteiger partial charge in [-0.1, -0.05) is 54.6 Å². The summed E-state index contributed by atoms with van der Waals surface area (Å²) in [5.41, 5.74) is 1.89. The molecule has 1 aliphatic rings. The Morgan fingerprint density at radius 2 is 1.67 bits per heavy atom. The van der Waals surface area contributed by atoms with Crippen molar-refractivity contribution in [3.63, 3.8) is 0 Å². The van der Waals surface area contributed by atoms with Crippen molar-refractivity contribution in [3.8, 4) is 5.69 Å². The molecule has 0 aliphatic heterocycles. The molecule has 1 aromatic heterocycles. The lowest BCUT2D eigenvalue weighted by molar-refractivity contribution is -0.115. The van der Waals surface area contributed by atoms with E-state index < -0.39 is 19.2 Å². The highest BCUT2D eigenvalue weighted by molar-refractivity contribution is 7.54. The fourth-order valence-corrected chi connectivity index (χ4v) is 5.48. The molecular weight excluding hydrogens is 435 g/mol. The summed E-state index contributed by atoms with van der Waals surface area (Å²) in [5.74, 6) is -0.717. The van der Waals surface area contributed by atoms with Crippen LogP contribution in [0.5, 0.6) is 0 Å². The van der Waals surface area contributed by atoms with Crippen molar-refractivity contribution in [1.29, 1.82) is 0 Å². The van der Waals surface area contributed by atoms with Crippen molar-refractivity contribution in [3.05, 3.63) is 102 Å². The first kappa shape index (κ1) is 21.4. The van der Waals surface area contributed by atoms with E-state index in [9.17, 15) is 19.1 Å². The Hall–Kier alpha value is -3.44. The van der Waals surface area contributed by atoms with E-state index in [2.05, 4.69) is 5.32 Å². The standard InChI is InChI=1S/C26H23N2O4P/c29-26(27-20-14-13-18-7-4-5-8-19(18)17-20)25(33(30,31)32)23-11-6-12-24-22(23)15-16-28(24)21-9-2-1-3-10-21/h1-5,7-11,13-17,25H,6,12H2,(H,27,29)(H2,30,31,32). The van der Waals surface area contributed by atoms with Crippen molar-refractivity contribution in [2.45, 2.75) is 18.5 Å². The van der Waals surface area contributed by atoms with Crippen LogP contribution in [0.4, 0.5) is 5.69 Å². The van der Waals surface area contributed by atoms with Crippen LogP contribution in [-0.2, 0) is 15.8 Å². The summed E-state index contributed by atoms with van der Waals surface area (Å²) in [5, 5.41) is 4.68. The number of carbonyl (C=O) groups is 1. The van der Waals surface area contributed by atoms with E-state index in [0.717, 1.165) is 28.6 Å². The topological polar surface area (TPSA) is 91.6 Å². The minimum atomic E-state index is -4.79. The molecule has 4 aromatic rings. The number of aromatic nitrogens is 1. The highest BCUT2D eigenvalue weighted by atomic mass is 31.2. The molecule has 0 bridgehead atoms. The molecule has 1 unspecified atom stereocenters. The normalized spacial score (nSPS) is 14.4. The molecule has 1 amide bonds. The van der Waals surface area contributed by atoms with Crippen LogP contribution in [0.3, 0.4) is 0 Å². The van der Waals surface area contributed by atoms with Gasteiger partial charge in [-0.25, -0.2) is 0 Å². The van der Waals surface area contributed by atoms with Crippen LogP contribution >= 0.6 is 7.60 Å². The van der Waals surface area contributed by atoms with Gasteiger partial charge >= 0.3 is 7.60 Å². The van der Waals surface area contributed by atoms with Gasteiger partial charge in [-0.2, -0.15) is 0 Å². The van der Waals surface area contributed by atoms with E-state index in [4.69, 9.17) is 0 Å². The molecule has 0 fully saturated rings. The van der Waals surface area contributed by atoms with Gasteiger partial charge in [-0.05, 0) is 59.5 Å². The maximum Gasteiger partial charge on any atom is 0.342 e. The highest BCUT2D eigenvalue weighted by Crippen LogP contribution is 2.50. The molecule has 5 rings (SSSR count). The number of rotatable bonds is 5. The summed E-state index contributed by atoms with van der Waals surface area (Å²) in [7, 11) is -4.79. The number of nitrogens with zero attached hydrogens (tertiary/aromatic N) is 1. The average molecular weight is 458 g/mol. The quantitative estimate of drug-likeness (QED) is 0.361. The Morgan fingerprint density at radius 3 is 2.42 bits per heavy atom. The number of carbonyl (C=O) groups excluding carboxylic acids is 1. The molecular formula is C26H23N2O4P. The van der Waals surface area contributed by atoms with Crippen LogP contribution < -0.4 is 5.32 Å². The predicted molar refractivity (Wildman–Crippen MR) is 130 cm³/mol. The fraction of sp³-hybridized carbons (Fsp3) is 0.115. The van der Waals surface area contributed by atoms with Crippen molar-refractivity contribution in [1.82, 2.24) is 4.57 Å². The second-order valence-corrected chi connectivity index (χ2v) is 9.82. The predicted octanol–water partition coefficient (Wildman–Crippen LogP) is 5.15. The van der Waals surface area contributed by atoms with E-state index >= 15 is 0 Å². The lowest BCUT2D eigenvalue weighted by Crippen LogP contribution is -2.30. The van der Waals surface area contributed by atoms with E-state index in [-0.39, 0.29) is 0 Å². The number of amides is 1. The van der Waals surface area contributed by atoms with Crippen molar-refractivity contribution < 1.29 is 19.1 Å². The molecule has 0 radical (unpaired) electrons. The van der Waals surface area contributed by atoms with Crippen LogP contribution in [0.1, 0.15) is 17.7 Å². The maximum absolute atomic E-state index is 13.2. The van der Waals surface area contributed by atoms with Gasteiger partial charge < -0.3 is 19.7 Å². The zero-order valence-electron chi connectivity index (χ0n) is 17.8. The van der Waals surface area contributed by atoms with Gasteiger partial charge in [0.2, 0.25) is 5.91 Å². The number of fused-ring (bicyclic) bond motifs is 2. The molecule has 1 aliphatic carbocycles. The van der Waals surface area contributed by atoms with Gasteiger partial charge in [0.1, 0.15) is 0 Å². The molecule has 0 spiro atoms. The van der Waals surface area contributed by atoms with Gasteiger partial charge in [-0.15, -0.1) is 0 Å². The molecule has 166 valence electrons. The van der Waals surface area contributed by atoms with Crippen LogP contribution in [0.25, 0.3) is 22.0 Å². The largest absolute Gasteiger partial charge is 0.342 e. The Labute approximate surface area is 191 Å². The fourth-order valence-electron chi connectivity index (χ4n) is 4.50. The SMILES string of the molecule is O=C(Nc1ccc2ccccc2c1)C(C1=CCCc2c1ccn2-c1ccccc1)P(=O)(O)O. The number of benzene rings is 3. The summed E-state index contributed by atoms with van der Waals surface area (Å²) >= 11 is 0. The summed E-state index contributed by atoms with van der Waals surface area (Å²) < 4.78 is 14.6. The van der Waals surface area contributed by atoms with Gasteiger partial charge in [0, 0.05) is 28.8 Å². The number of anilines is 1. The van der Waals surface area contributed by atoms with Gasteiger partial charge in [0.25, 0.3) is 0 Å². The van der Waals surface area contributed by atoms with Crippen LogP contribution in [-0.4, -0.2) is 25.9 Å². The molecule has 0 saturated heterocycles. The Bertz CT molecular complexity index is 1420. The Morgan fingerprint density at radius 1 is 0.939 bits per heavy atom. The monoisotopic (exact) mass is 458 g/mol. The molecule has 6 nitrogen and oxygen atoms in total. The lowest BCUT2D eigenvalue weighted by atomic mass is 9.93. The van der Waals surface area contributed by atoms with Crippen LogP contribution in [0.2, 0.25) is 0 Å². The Kier molecular flexibility index (Phi) is 5.51. The van der Waals surface area contributed by atoms with Crippen LogP contribution in [0.15, 0.2) is 91.1 Å². The summed E-state index contributed by atoms with van der Waals surface area (Å²) in [6.45, 7) is 0. The van der Waals surface area contributed by atoms with Crippen molar-refractivity contribution >= 4 is 35.5 Å². The zero-order chi connectivity index (χ0) is 23.0. The molecule has 3 N–H and O–H groups in total. The number of hydrogen-bond acceptors (Lipinski definition) is 2. The lowest BCUT2D eigenvalue weighted by Gasteiger charge is -2.25. The van der Waals surface area contributed by atoms with Gasteiger partial charge in [-0.3, -0.25) is 9.36 Å². The molecule has 33 heavy (non-hydrogen) atoms. The van der Waals surface area contributed by atoms with E-state index in [1.165, 1.54) is 0 Å². The van der Waals surface area contributed by atoms with E-state index in [0.29, 0.717) is 23.2 Å². The second kappa shape index (κ2) is 8.49. The molecule has 0 saturated carbocycles. The molecule has 1 heterocycles. The number of para-hydroxylation sites is 1. The smallest absolute Gasteiger partial charge is 0.325 e. The number of allylic oxidation sites excluding steroid dienone is 1. The van der Waals surface area contributed by atoms with Gasteiger partial charge in [0.15, 0.2) is 5.66 Å². The van der Waals surface area contributed by atoms with Crippen LogP contribution in [0, 0.1) is 0 Å². The third-order valence-corrected chi connectivity index (χ3v) is 7.16. The minimum absolute atomic E-state index is 0.373. The Balaban J connectivity index is 1.50. The number of hydrogen-bond donors (Lipinski definition) is 3. The molecule has 1 atom stereocenters. The first-order valence-electron chi connectivity index (χ1n) is 10.7. The summed E-state index contributed by atoms with van der Waals surface area (Å²) in [6.07, 6.45) is 4.98. The summed E-state index contributed by atoms with van der Waals surface area (Å²) in [4.78, 5) is 33.6. The molecule has 7 heteroatoms. The van der Waals surface area contributed by atoms with Gasteiger partial charge in [0.05, 0.1) is 0 Å². The van der Waals surface area contributed by atoms with Crippen molar-refractivity contribution in [2.24, 2.45) is 0 Å². The molecule has 3 aromatic carbocycles. The summed E-state index contributed by atoms with van der Waals surface area (Å²) in [6, 6.07) is 24.7. The number of nitrogens with one attached hydrogen (secondary N) is 1. The van der Waals surface area contributed by atoms with Crippen molar-refractivity contribution in [2.75, 3.05) is 5.32 Å². The van der Waals surface area contributed by atoms with E-state index in [1.807, 2.05) is 77.5 Å². The third kappa shape index (κ3) is 4.16. The van der Waals surface area contributed by atoms with E-state index in [1.54, 1.807) is 18.2 Å². The maximum atomic E-state index is 13.2.